The molecular formula is C27H32FN3O3S. The molecule has 0 radical (unpaired) electrons. The highest BCUT2D eigenvalue weighted by molar-refractivity contribution is 7.10. The number of rotatable bonds is 10. The molecule has 1 heterocycles. The molecule has 1 aromatic heterocycles. The molecule has 0 saturated heterocycles. The van der Waals surface area contributed by atoms with Gasteiger partial charge in [0.2, 0.25) is 5.91 Å². The van der Waals surface area contributed by atoms with Gasteiger partial charge in [-0.3, -0.25) is 4.79 Å². The Hall–Kier alpha value is -3.23. The molecule has 186 valence electrons. The highest BCUT2D eigenvalue weighted by Gasteiger charge is 2.23. The van der Waals surface area contributed by atoms with Crippen molar-refractivity contribution >= 4 is 29.0 Å². The number of ether oxygens (including phenoxy) is 1. The number of anilines is 1. The normalized spacial score (nSPS) is 10.8. The Bertz CT molecular complexity index is 1150. The smallest absolute Gasteiger partial charge is 0.322 e. The molecule has 2 aromatic carbocycles. The van der Waals surface area contributed by atoms with Gasteiger partial charge in [-0.2, -0.15) is 0 Å². The van der Waals surface area contributed by atoms with Crippen LogP contribution >= 0.6 is 11.3 Å². The fourth-order valence-electron chi connectivity index (χ4n) is 3.65. The first-order valence-electron chi connectivity index (χ1n) is 11.4. The Balaban J connectivity index is 1.78. The van der Waals surface area contributed by atoms with Crippen LogP contribution in [0.1, 0.15) is 27.1 Å². The van der Waals surface area contributed by atoms with E-state index >= 15 is 0 Å². The summed E-state index contributed by atoms with van der Waals surface area (Å²) in [5.74, 6) is -0.524. The summed E-state index contributed by atoms with van der Waals surface area (Å²) >= 11 is 1.59. The molecule has 0 fully saturated rings. The van der Waals surface area contributed by atoms with Crippen molar-refractivity contribution in [1.82, 2.24) is 9.80 Å². The predicted molar refractivity (Wildman–Crippen MR) is 138 cm³/mol. The molecule has 0 saturated carbocycles. The molecule has 0 bridgehead atoms. The van der Waals surface area contributed by atoms with Crippen LogP contribution in [0.2, 0.25) is 0 Å². The van der Waals surface area contributed by atoms with Gasteiger partial charge >= 0.3 is 6.03 Å². The van der Waals surface area contributed by atoms with Gasteiger partial charge in [-0.25, -0.2) is 9.18 Å². The van der Waals surface area contributed by atoms with Gasteiger partial charge in [-0.1, -0.05) is 29.8 Å². The molecule has 35 heavy (non-hydrogen) atoms. The zero-order chi connectivity index (χ0) is 25.4. The van der Waals surface area contributed by atoms with E-state index in [1.807, 2.05) is 50.4 Å². The molecule has 6 nitrogen and oxygen atoms in total. The van der Waals surface area contributed by atoms with Gasteiger partial charge in [0.05, 0.1) is 13.2 Å². The number of methoxy groups -OCH3 is 1. The van der Waals surface area contributed by atoms with Gasteiger partial charge in [-0.05, 0) is 67.1 Å². The van der Waals surface area contributed by atoms with Gasteiger partial charge in [0.25, 0.3) is 0 Å². The molecule has 0 aliphatic carbocycles. The molecule has 1 N–H and O–H groups in total. The Kier molecular flexibility index (Phi) is 9.39. The van der Waals surface area contributed by atoms with Crippen molar-refractivity contribution in [3.05, 3.63) is 86.9 Å². The maximum absolute atomic E-state index is 13.5. The summed E-state index contributed by atoms with van der Waals surface area (Å²) in [7, 11) is 1.56. The van der Waals surface area contributed by atoms with Crippen LogP contribution in [0.25, 0.3) is 0 Å². The number of nitrogens with zero attached hydrogens (tertiary/aromatic N) is 2. The van der Waals surface area contributed by atoms with Crippen molar-refractivity contribution in [2.45, 2.75) is 33.9 Å². The van der Waals surface area contributed by atoms with Crippen LogP contribution in [-0.2, 0) is 22.6 Å². The maximum Gasteiger partial charge on any atom is 0.322 e. The molecule has 3 aromatic rings. The van der Waals surface area contributed by atoms with Crippen LogP contribution in [0.5, 0.6) is 0 Å². The molecule has 3 amide bonds. The lowest BCUT2D eigenvalue weighted by Gasteiger charge is -2.28. The lowest BCUT2D eigenvalue weighted by molar-refractivity contribution is -0.133. The Morgan fingerprint density at radius 2 is 1.71 bits per heavy atom. The molecule has 0 atom stereocenters. The largest absolute Gasteiger partial charge is 0.383 e. The summed E-state index contributed by atoms with van der Waals surface area (Å²) in [5, 5.41) is 4.92. The van der Waals surface area contributed by atoms with Crippen LogP contribution in [0.15, 0.2) is 53.9 Å². The third-order valence-corrected chi connectivity index (χ3v) is 6.75. The fourth-order valence-corrected chi connectivity index (χ4v) is 4.57. The van der Waals surface area contributed by atoms with E-state index in [1.165, 1.54) is 17.0 Å². The minimum atomic E-state index is -0.364. The maximum atomic E-state index is 13.5. The molecule has 0 spiro atoms. The van der Waals surface area contributed by atoms with Gasteiger partial charge in [0, 0.05) is 30.8 Å². The first kappa shape index (κ1) is 26.4. The Labute approximate surface area is 210 Å². The zero-order valence-electron chi connectivity index (χ0n) is 20.6. The molecule has 0 aliphatic heterocycles. The quantitative estimate of drug-likeness (QED) is 0.401. The third-order valence-electron chi connectivity index (χ3n) is 5.74. The monoisotopic (exact) mass is 497 g/mol. The van der Waals surface area contributed by atoms with Crippen LogP contribution in [0, 0.1) is 26.6 Å². The Morgan fingerprint density at radius 3 is 2.34 bits per heavy atom. The summed E-state index contributed by atoms with van der Waals surface area (Å²) in [5.41, 5.74) is 4.68. The predicted octanol–water partition coefficient (Wildman–Crippen LogP) is 5.52. The average Bonchev–Trinajstić information content (AvgIpc) is 3.23. The number of carbonyl (C=O) groups excluding carboxylic acids is 2. The molecule has 0 aliphatic rings. The van der Waals surface area contributed by atoms with Gasteiger partial charge in [0.15, 0.2) is 0 Å². The summed E-state index contributed by atoms with van der Waals surface area (Å²) < 4.78 is 18.6. The van der Waals surface area contributed by atoms with E-state index in [1.54, 1.807) is 35.5 Å². The minimum absolute atomic E-state index is 0.105. The Morgan fingerprint density at radius 1 is 0.971 bits per heavy atom. The number of aryl methyl sites for hydroxylation is 3. The van der Waals surface area contributed by atoms with Gasteiger partial charge in [-0.15, -0.1) is 11.3 Å². The summed E-state index contributed by atoms with van der Waals surface area (Å²) in [6.07, 6.45) is 0. The van der Waals surface area contributed by atoms with E-state index in [4.69, 9.17) is 4.74 Å². The second kappa shape index (κ2) is 12.5. The van der Waals surface area contributed by atoms with Crippen molar-refractivity contribution in [3.8, 4) is 0 Å². The van der Waals surface area contributed by atoms with E-state index in [-0.39, 0.29) is 30.8 Å². The topological polar surface area (TPSA) is 61.9 Å². The van der Waals surface area contributed by atoms with Crippen LogP contribution in [0.4, 0.5) is 14.9 Å². The van der Waals surface area contributed by atoms with Crippen molar-refractivity contribution in [1.29, 1.82) is 0 Å². The van der Waals surface area contributed by atoms with E-state index in [0.29, 0.717) is 25.4 Å². The van der Waals surface area contributed by atoms with Crippen molar-refractivity contribution in [3.63, 3.8) is 0 Å². The number of hydrogen-bond acceptors (Lipinski definition) is 4. The highest BCUT2D eigenvalue weighted by Crippen LogP contribution is 2.20. The van der Waals surface area contributed by atoms with Crippen LogP contribution in [-0.4, -0.2) is 48.5 Å². The number of halogens is 1. The fraction of sp³-hybridized carbons (Fsp3) is 0.333. The molecule has 0 unspecified atom stereocenters. The number of nitrogens with one attached hydrogen (secondary N) is 1. The van der Waals surface area contributed by atoms with E-state index in [9.17, 15) is 14.0 Å². The summed E-state index contributed by atoms with van der Waals surface area (Å²) in [6.45, 7) is 7.12. The zero-order valence-corrected chi connectivity index (χ0v) is 21.5. The standard InChI is InChI=1S/C27H32FN3O3S/c1-19-5-10-24(21(3)15-19)29-27(33)30(12-13-34-4)18-26(32)31(17-25-20(2)11-14-35-25)16-22-6-8-23(28)9-7-22/h5-11,14-15H,12-13,16-18H2,1-4H3,(H,29,33). The van der Waals surface area contributed by atoms with E-state index in [0.717, 1.165) is 27.1 Å². The van der Waals surface area contributed by atoms with Crippen molar-refractivity contribution in [2.75, 3.05) is 32.1 Å². The van der Waals surface area contributed by atoms with Gasteiger partial charge < -0.3 is 19.9 Å². The lowest BCUT2D eigenvalue weighted by atomic mass is 10.1. The van der Waals surface area contributed by atoms with E-state index < -0.39 is 0 Å². The van der Waals surface area contributed by atoms with Crippen LogP contribution in [0.3, 0.4) is 0 Å². The lowest BCUT2D eigenvalue weighted by Crippen LogP contribution is -2.45. The minimum Gasteiger partial charge on any atom is -0.383 e. The highest BCUT2D eigenvalue weighted by atomic mass is 32.1. The second-order valence-corrected chi connectivity index (χ2v) is 9.57. The van der Waals surface area contributed by atoms with Crippen molar-refractivity contribution in [2.24, 2.45) is 0 Å². The molecular weight excluding hydrogens is 465 g/mol. The number of carbonyl (C=O) groups is 2. The number of thiophene rings is 1. The van der Waals surface area contributed by atoms with Crippen molar-refractivity contribution < 1.29 is 18.7 Å². The van der Waals surface area contributed by atoms with Gasteiger partial charge in [0.1, 0.15) is 12.4 Å². The first-order valence-corrected chi connectivity index (χ1v) is 12.3. The number of benzene rings is 2. The second-order valence-electron chi connectivity index (χ2n) is 8.57. The molecule has 8 heteroatoms. The first-order chi connectivity index (χ1) is 16.8. The summed E-state index contributed by atoms with van der Waals surface area (Å²) in [6, 6.07) is 13.6. The number of hydrogen-bond donors (Lipinski definition) is 1. The number of amides is 3. The van der Waals surface area contributed by atoms with Crippen LogP contribution < -0.4 is 5.32 Å². The SMILES string of the molecule is COCCN(CC(=O)N(Cc1ccc(F)cc1)Cc1sccc1C)C(=O)Nc1ccc(C)cc1C. The third kappa shape index (κ3) is 7.63. The summed E-state index contributed by atoms with van der Waals surface area (Å²) in [4.78, 5) is 30.9. The van der Waals surface area contributed by atoms with E-state index in [2.05, 4.69) is 5.32 Å². The number of urea groups is 1. The molecule has 3 rings (SSSR count). The average molecular weight is 498 g/mol.